The topological polar surface area (TPSA) is 12.0 Å². The van der Waals surface area contributed by atoms with E-state index >= 15 is 0 Å². The molecule has 0 bridgehead atoms. The summed E-state index contributed by atoms with van der Waals surface area (Å²) in [6.45, 7) is 3.37. The number of hydrogen-bond acceptors (Lipinski definition) is 2. The van der Waals surface area contributed by atoms with E-state index in [9.17, 15) is 0 Å². The highest BCUT2D eigenvalue weighted by atomic mass is 35.5. The van der Waals surface area contributed by atoms with Crippen molar-refractivity contribution >= 4 is 23.4 Å². The zero-order chi connectivity index (χ0) is 12.8. The van der Waals surface area contributed by atoms with Crippen molar-refractivity contribution in [3.8, 4) is 0 Å². The van der Waals surface area contributed by atoms with Crippen LogP contribution in [0.5, 0.6) is 0 Å². The van der Waals surface area contributed by atoms with Gasteiger partial charge in [0.1, 0.15) is 0 Å². The summed E-state index contributed by atoms with van der Waals surface area (Å²) in [7, 11) is 0. The molecule has 1 nitrogen and oxygen atoms in total. The van der Waals surface area contributed by atoms with Crippen molar-refractivity contribution in [2.45, 2.75) is 55.2 Å². The van der Waals surface area contributed by atoms with E-state index in [2.05, 4.69) is 24.4 Å². The molecule has 1 aliphatic carbocycles. The van der Waals surface area contributed by atoms with Crippen molar-refractivity contribution in [2.75, 3.05) is 6.54 Å². The molecule has 1 saturated carbocycles. The zero-order valence-electron chi connectivity index (χ0n) is 11.0. The lowest BCUT2D eigenvalue weighted by Gasteiger charge is -2.29. The van der Waals surface area contributed by atoms with Crippen LogP contribution in [-0.2, 0) is 0 Å². The molecule has 2 unspecified atom stereocenters. The molecule has 0 spiro atoms. The van der Waals surface area contributed by atoms with Gasteiger partial charge in [0.2, 0.25) is 0 Å². The average molecular weight is 284 g/mol. The van der Waals surface area contributed by atoms with Gasteiger partial charge in [-0.05, 0) is 44.4 Å². The van der Waals surface area contributed by atoms with Crippen LogP contribution in [0.1, 0.15) is 39.0 Å². The number of benzene rings is 1. The minimum Gasteiger partial charge on any atom is -0.314 e. The molecule has 0 heterocycles. The first kappa shape index (κ1) is 14.2. The van der Waals surface area contributed by atoms with Crippen molar-refractivity contribution in [1.29, 1.82) is 0 Å². The maximum Gasteiger partial charge on any atom is 0.0541 e. The number of nitrogens with one attached hydrogen (secondary N) is 1. The van der Waals surface area contributed by atoms with E-state index in [0.717, 1.165) is 11.6 Å². The Hall–Kier alpha value is -0.180. The molecule has 1 fully saturated rings. The molecule has 100 valence electrons. The Balaban J connectivity index is 1.87. The predicted molar refractivity (Wildman–Crippen MR) is 81.6 cm³/mol. The number of rotatable bonds is 5. The lowest BCUT2D eigenvalue weighted by atomic mass is 9.95. The fraction of sp³-hybridized carbons (Fsp3) is 0.600. The van der Waals surface area contributed by atoms with Crippen molar-refractivity contribution in [2.24, 2.45) is 0 Å². The minimum absolute atomic E-state index is 0.707. The molecule has 0 saturated heterocycles. The van der Waals surface area contributed by atoms with Crippen LogP contribution in [-0.4, -0.2) is 17.8 Å². The van der Waals surface area contributed by atoms with E-state index < -0.39 is 0 Å². The highest BCUT2D eigenvalue weighted by molar-refractivity contribution is 8.00. The molecule has 1 aromatic rings. The van der Waals surface area contributed by atoms with Gasteiger partial charge < -0.3 is 5.32 Å². The Morgan fingerprint density at radius 2 is 2.17 bits per heavy atom. The third-order valence-corrected chi connectivity index (χ3v) is 5.25. The van der Waals surface area contributed by atoms with Crippen LogP contribution < -0.4 is 5.32 Å². The molecular formula is C15H22ClNS. The molecule has 2 rings (SSSR count). The third-order valence-electron chi connectivity index (χ3n) is 3.44. The Bertz CT molecular complexity index is 369. The van der Waals surface area contributed by atoms with Crippen LogP contribution in [0.15, 0.2) is 29.2 Å². The summed E-state index contributed by atoms with van der Waals surface area (Å²) in [6.07, 6.45) is 6.48. The smallest absolute Gasteiger partial charge is 0.0541 e. The Morgan fingerprint density at radius 3 is 2.94 bits per heavy atom. The van der Waals surface area contributed by atoms with Crippen molar-refractivity contribution < 1.29 is 0 Å². The Kier molecular flexibility index (Phi) is 5.87. The zero-order valence-corrected chi connectivity index (χ0v) is 12.6. The van der Waals surface area contributed by atoms with Gasteiger partial charge in [0.15, 0.2) is 0 Å². The van der Waals surface area contributed by atoms with E-state index in [1.807, 2.05) is 23.9 Å². The first-order valence-electron chi connectivity index (χ1n) is 6.94. The first-order valence-corrected chi connectivity index (χ1v) is 8.20. The van der Waals surface area contributed by atoms with Crippen LogP contribution in [0.25, 0.3) is 0 Å². The maximum absolute atomic E-state index is 6.23. The molecule has 1 aliphatic rings. The van der Waals surface area contributed by atoms with Gasteiger partial charge in [0.05, 0.1) is 5.02 Å². The van der Waals surface area contributed by atoms with Crippen LogP contribution in [0, 0.1) is 0 Å². The van der Waals surface area contributed by atoms with Crippen LogP contribution >= 0.6 is 23.4 Å². The number of halogens is 1. The van der Waals surface area contributed by atoms with Crippen LogP contribution in [0.4, 0.5) is 0 Å². The second-order valence-corrected chi connectivity index (χ2v) is 6.74. The van der Waals surface area contributed by atoms with Gasteiger partial charge in [-0.3, -0.25) is 0 Å². The summed E-state index contributed by atoms with van der Waals surface area (Å²) in [6, 6.07) is 8.90. The number of thioether (sulfide) groups is 1. The van der Waals surface area contributed by atoms with Gasteiger partial charge in [-0.15, -0.1) is 11.8 Å². The highest BCUT2D eigenvalue weighted by Crippen LogP contribution is 2.36. The summed E-state index contributed by atoms with van der Waals surface area (Å²) in [5, 5.41) is 5.27. The fourth-order valence-electron chi connectivity index (χ4n) is 2.51. The minimum atomic E-state index is 0.707. The van der Waals surface area contributed by atoms with E-state index in [4.69, 9.17) is 11.6 Å². The molecule has 0 aromatic heterocycles. The van der Waals surface area contributed by atoms with Crippen LogP contribution in [0.2, 0.25) is 5.02 Å². The molecule has 3 heteroatoms. The average Bonchev–Trinajstić information content (AvgIpc) is 2.40. The quantitative estimate of drug-likeness (QED) is 0.837. The Morgan fingerprint density at radius 1 is 1.33 bits per heavy atom. The Labute approximate surface area is 120 Å². The van der Waals surface area contributed by atoms with Crippen LogP contribution in [0.3, 0.4) is 0 Å². The van der Waals surface area contributed by atoms with E-state index in [-0.39, 0.29) is 0 Å². The third kappa shape index (κ3) is 4.18. The molecule has 2 atom stereocenters. The second kappa shape index (κ2) is 7.42. The molecule has 0 aliphatic heterocycles. The molecule has 0 amide bonds. The predicted octanol–water partition coefficient (Wildman–Crippen LogP) is 4.74. The summed E-state index contributed by atoms with van der Waals surface area (Å²) < 4.78 is 0. The first-order chi connectivity index (χ1) is 8.79. The summed E-state index contributed by atoms with van der Waals surface area (Å²) in [4.78, 5) is 1.24. The van der Waals surface area contributed by atoms with Gasteiger partial charge in [0, 0.05) is 16.2 Å². The number of hydrogen-bond donors (Lipinski definition) is 1. The maximum atomic E-state index is 6.23. The van der Waals surface area contributed by atoms with Crippen molar-refractivity contribution in [3.05, 3.63) is 29.3 Å². The van der Waals surface area contributed by atoms with Crippen molar-refractivity contribution in [3.63, 3.8) is 0 Å². The van der Waals surface area contributed by atoms with Gasteiger partial charge in [-0.2, -0.15) is 0 Å². The summed E-state index contributed by atoms with van der Waals surface area (Å²) in [5.74, 6) is 0. The molecule has 1 N–H and O–H groups in total. The van der Waals surface area contributed by atoms with Crippen molar-refractivity contribution in [1.82, 2.24) is 5.32 Å². The standard InChI is InChI=1S/C15H22ClNS/c1-2-10-17-12-6-5-7-13(11-12)18-15-9-4-3-8-14(15)16/h3-4,8-9,12-13,17H,2,5-7,10-11H2,1H3. The second-order valence-electron chi connectivity index (χ2n) is 4.99. The fourth-order valence-corrected chi connectivity index (χ4v) is 4.09. The monoisotopic (exact) mass is 283 g/mol. The summed E-state index contributed by atoms with van der Waals surface area (Å²) in [5.41, 5.74) is 0. The molecule has 18 heavy (non-hydrogen) atoms. The largest absolute Gasteiger partial charge is 0.314 e. The van der Waals surface area contributed by atoms with Gasteiger partial charge >= 0.3 is 0 Å². The van der Waals surface area contributed by atoms with Gasteiger partial charge in [-0.25, -0.2) is 0 Å². The van der Waals surface area contributed by atoms with E-state index in [0.29, 0.717) is 11.3 Å². The highest BCUT2D eigenvalue weighted by Gasteiger charge is 2.22. The summed E-state index contributed by atoms with van der Waals surface area (Å²) >= 11 is 8.18. The van der Waals surface area contributed by atoms with Gasteiger partial charge in [-0.1, -0.05) is 37.1 Å². The molecular weight excluding hydrogens is 262 g/mol. The molecule has 1 aromatic carbocycles. The SMILES string of the molecule is CCCNC1CCCC(Sc2ccccc2Cl)C1. The molecule has 0 radical (unpaired) electrons. The normalized spacial score (nSPS) is 24.1. The van der Waals surface area contributed by atoms with E-state index in [1.165, 1.54) is 37.0 Å². The lowest BCUT2D eigenvalue weighted by molar-refractivity contribution is 0.381. The van der Waals surface area contributed by atoms with E-state index in [1.54, 1.807) is 0 Å². The lowest BCUT2D eigenvalue weighted by Crippen LogP contribution is -2.35. The van der Waals surface area contributed by atoms with Gasteiger partial charge in [0.25, 0.3) is 0 Å².